The van der Waals surface area contributed by atoms with Gasteiger partial charge in [-0.15, -0.1) is 0 Å². The molecule has 0 heterocycles. The van der Waals surface area contributed by atoms with Gasteiger partial charge >= 0.3 is 0 Å². The summed E-state index contributed by atoms with van der Waals surface area (Å²) < 4.78 is 10.6. The highest BCUT2D eigenvalue weighted by Crippen LogP contribution is 2.28. The first kappa shape index (κ1) is 15.9. The van der Waals surface area contributed by atoms with E-state index in [9.17, 15) is 0 Å². The van der Waals surface area contributed by atoms with Crippen molar-refractivity contribution >= 4 is 0 Å². The van der Waals surface area contributed by atoms with Crippen LogP contribution in [-0.4, -0.2) is 63.0 Å². The molecular weight excluding hydrogens is 228 g/mol. The van der Waals surface area contributed by atoms with E-state index >= 15 is 0 Å². The van der Waals surface area contributed by atoms with Crippen molar-refractivity contribution in [1.29, 1.82) is 0 Å². The molecule has 0 radical (unpaired) electrons. The second kappa shape index (κ2) is 7.43. The average Bonchev–Trinajstić information content (AvgIpc) is 3.09. The molecule has 1 N–H and O–H groups in total. The molecule has 1 atom stereocenters. The number of nitrogens with zero attached hydrogens (tertiary/aromatic N) is 1. The molecule has 1 aliphatic carbocycles. The predicted octanol–water partition coefficient (Wildman–Crippen LogP) is 1.50. The van der Waals surface area contributed by atoms with Crippen LogP contribution in [0.2, 0.25) is 0 Å². The number of methoxy groups -OCH3 is 2. The third-order valence-electron chi connectivity index (χ3n) is 3.27. The molecule has 1 unspecified atom stereocenters. The summed E-state index contributed by atoms with van der Waals surface area (Å²) in [5, 5.41) is 3.58. The first-order valence-corrected chi connectivity index (χ1v) is 6.96. The highest BCUT2D eigenvalue weighted by Gasteiger charge is 2.33. The van der Waals surface area contributed by atoms with Gasteiger partial charge in [-0.3, -0.25) is 4.90 Å². The average molecular weight is 258 g/mol. The van der Waals surface area contributed by atoms with Crippen molar-refractivity contribution in [2.75, 3.05) is 40.5 Å². The van der Waals surface area contributed by atoms with Gasteiger partial charge in [0, 0.05) is 44.9 Å². The number of hydrogen-bond donors (Lipinski definition) is 1. The monoisotopic (exact) mass is 258 g/mol. The Labute approximate surface area is 112 Å². The van der Waals surface area contributed by atoms with Crippen LogP contribution in [0, 0.1) is 0 Å². The Morgan fingerprint density at radius 1 is 1.22 bits per heavy atom. The van der Waals surface area contributed by atoms with Crippen LogP contribution in [0.1, 0.15) is 33.6 Å². The Hall–Kier alpha value is -0.160. The summed E-state index contributed by atoms with van der Waals surface area (Å²) in [6.07, 6.45) is 2.64. The molecule has 0 aromatic rings. The minimum atomic E-state index is 0.155. The minimum absolute atomic E-state index is 0.155. The van der Waals surface area contributed by atoms with E-state index in [0.29, 0.717) is 6.04 Å². The molecule has 0 spiro atoms. The van der Waals surface area contributed by atoms with Crippen molar-refractivity contribution < 1.29 is 9.47 Å². The molecule has 0 aromatic carbocycles. The summed E-state index contributed by atoms with van der Waals surface area (Å²) in [6, 6.07) is 1.18. The third-order valence-corrected chi connectivity index (χ3v) is 3.27. The maximum absolute atomic E-state index is 5.39. The van der Waals surface area contributed by atoms with Gasteiger partial charge in [0.15, 0.2) is 0 Å². The first-order valence-electron chi connectivity index (χ1n) is 6.96. The van der Waals surface area contributed by atoms with Crippen molar-refractivity contribution in [2.24, 2.45) is 0 Å². The van der Waals surface area contributed by atoms with Crippen LogP contribution >= 0.6 is 0 Å². The molecule has 0 aliphatic heterocycles. The zero-order chi connectivity index (χ0) is 13.6. The molecule has 1 saturated carbocycles. The molecular formula is C14H30N2O2. The zero-order valence-corrected chi connectivity index (χ0v) is 12.7. The molecule has 18 heavy (non-hydrogen) atoms. The molecule has 0 bridgehead atoms. The predicted molar refractivity (Wildman–Crippen MR) is 75.0 cm³/mol. The third kappa shape index (κ3) is 6.14. The van der Waals surface area contributed by atoms with Crippen molar-refractivity contribution in [2.45, 2.75) is 51.2 Å². The van der Waals surface area contributed by atoms with E-state index in [1.165, 1.54) is 12.8 Å². The maximum atomic E-state index is 5.39. The molecule has 0 aromatic heterocycles. The van der Waals surface area contributed by atoms with E-state index in [4.69, 9.17) is 9.47 Å². The highest BCUT2D eigenvalue weighted by molar-refractivity contribution is 4.90. The van der Waals surface area contributed by atoms with E-state index in [-0.39, 0.29) is 5.54 Å². The first-order chi connectivity index (χ1) is 8.48. The summed E-state index contributed by atoms with van der Waals surface area (Å²) in [5.41, 5.74) is 0.155. The molecule has 1 rings (SSSR count). The lowest BCUT2D eigenvalue weighted by Crippen LogP contribution is -2.51. The van der Waals surface area contributed by atoms with Gasteiger partial charge in [0.25, 0.3) is 0 Å². The van der Waals surface area contributed by atoms with Gasteiger partial charge in [0.2, 0.25) is 0 Å². The quantitative estimate of drug-likeness (QED) is 0.679. The van der Waals surface area contributed by atoms with Crippen LogP contribution in [0.15, 0.2) is 0 Å². The van der Waals surface area contributed by atoms with Crippen molar-refractivity contribution in [3.05, 3.63) is 0 Å². The van der Waals surface area contributed by atoms with Gasteiger partial charge < -0.3 is 14.8 Å². The Balaban J connectivity index is 2.49. The fraction of sp³-hybridized carbons (Fsp3) is 1.00. The lowest BCUT2D eigenvalue weighted by molar-refractivity contribution is 0.0591. The molecule has 0 amide bonds. The molecule has 108 valence electrons. The maximum Gasteiger partial charge on any atom is 0.0630 e. The van der Waals surface area contributed by atoms with Crippen LogP contribution < -0.4 is 5.32 Å². The normalized spacial score (nSPS) is 18.3. The highest BCUT2D eigenvalue weighted by atomic mass is 16.5. The van der Waals surface area contributed by atoms with Gasteiger partial charge in [-0.25, -0.2) is 0 Å². The second-order valence-electron chi connectivity index (χ2n) is 6.20. The van der Waals surface area contributed by atoms with E-state index in [2.05, 4.69) is 31.0 Å². The van der Waals surface area contributed by atoms with Crippen LogP contribution in [0.5, 0.6) is 0 Å². The van der Waals surface area contributed by atoms with Gasteiger partial charge in [-0.1, -0.05) is 0 Å². The van der Waals surface area contributed by atoms with Crippen LogP contribution in [0.4, 0.5) is 0 Å². The molecule has 4 nitrogen and oxygen atoms in total. The molecule has 1 aliphatic rings. The second-order valence-corrected chi connectivity index (χ2v) is 6.20. The summed E-state index contributed by atoms with van der Waals surface area (Å²) >= 11 is 0. The summed E-state index contributed by atoms with van der Waals surface area (Å²) in [4.78, 5) is 2.55. The number of hydrogen-bond acceptors (Lipinski definition) is 4. The Bertz CT molecular complexity index is 224. The van der Waals surface area contributed by atoms with Gasteiger partial charge in [0.1, 0.15) is 0 Å². The fourth-order valence-corrected chi connectivity index (χ4v) is 2.15. The van der Waals surface area contributed by atoms with E-state index < -0.39 is 0 Å². The Morgan fingerprint density at radius 2 is 1.89 bits per heavy atom. The summed E-state index contributed by atoms with van der Waals surface area (Å²) in [6.45, 7) is 10.2. The van der Waals surface area contributed by atoms with E-state index in [1.54, 1.807) is 14.2 Å². The summed E-state index contributed by atoms with van der Waals surface area (Å²) in [7, 11) is 3.55. The SMILES string of the molecule is COCCN(C1CC1)C(CNC(C)(C)C)COC. The fourth-order valence-electron chi connectivity index (χ4n) is 2.15. The van der Waals surface area contributed by atoms with E-state index in [0.717, 1.165) is 32.3 Å². The van der Waals surface area contributed by atoms with E-state index in [1.807, 2.05) is 0 Å². The van der Waals surface area contributed by atoms with Crippen molar-refractivity contribution in [3.63, 3.8) is 0 Å². The molecule has 1 fully saturated rings. The minimum Gasteiger partial charge on any atom is -0.383 e. The summed E-state index contributed by atoms with van der Waals surface area (Å²) in [5.74, 6) is 0. The zero-order valence-electron chi connectivity index (χ0n) is 12.7. The van der Waals surface area contributed by atoms with Gasteiger partial charge in [-0.2, -0.15) is 0 Å². The molecule has 0 saturated heterocycles. The standard InChI is InChI=1S/C14H30N2O2/c1-14(2,3)15-10-13(11-18-5)16(8-9-17-4)12-6-7-12/h12-13,15H,6-11H2,1-5H3. The number of nitrogens with one attached hydrogen (secondary N) is 1. The van der Waals surface area contributed by atoms with Crippen molar-refractivity contribution in [1.82, 2.24) is 10.2 Å². The van der Waals surface area contributed by atoms with Crippen molar-refractivity contribution in [3.8, 4) is 0 Å². The molecule has 4 heteroatoms. The van der Waals surface area contributed by atoms with Crippen LogP contribution in [0.25, 0.3) is 0 Å². The Morgan fingerprint density at radius 3 is 2.33 bits per heavy atom. The van der Waals surface area contributed by atoms with Gasteiger partial charge in [-0.05, 0) is 33.6 Å². The lowest BCUT2D eigenvalue weighted by atomic mass is 10.1. The Kier molecular flexibility index (Phi) is 6.57. The number of rotatable bonds is 9. The number of ether oxygens (including phenoxy) is 2. The topological polar surface area (TPSA) is 33.7 Å². The largest absolute Gasteiger partial charge is 0.383 e. The van der Waals surface area contributed by atoms with Crippen LogP contribution in [0.3, 0.4) is 0 Å². The smallest absolute Gasteiger partial charge is 0.0630 e. The van der Waals surface area contributed by atoms with Gasteiger partial charge in [0.05, 0.1) is 13.2 Å². The van der Waals surface area contributed by atoms with Crippen LogP contribution in [-0.2, 0) is 9.47 Å². The lowest BCUT2D eigenvalue weighted by Gasteiger charge is -2.34.